The molecule has 0 radical (unpaired) electrons. The third kappa shape index (κ3) is 5.02. The molecular formula is C28H29FN4O5S. The molecule has 11 heteroatoms. The Morgan fingerprint density at radius 2 is 1.95 bits per heavy atom. The Morgan fingerprint density at radius 3 is 2.79 bits per heavy atom. The first kappa shape index (κ1) is 25.8. The first-order valence-corrected chi connectivity index (χ1v) is 14.1. The second kappa shape index (κ2) is 10.6. The van der Waals surface area contributed by atoms with E-state index in [1.165, 1.54) is 23.9 Å². The number of fused-ring (bicyclic) bond motifs is 1. The summed E-state index contributed by atoms with van der Waals surface area (Å²) in [6.07, 6.45) is 0.355. The number of aliphatic hydroxyl groups excluding tert-OH is 1. The van der Waals surface area contributed by atoms with Gasteiger partial charge in [-0.15, -0.1) is 11.8 Å². The average molecular weight is 553 g/mol. The summed E-state index contributed by atoms with van der Waals surface area (Å²) >= 11 is 1.46. The zero-order valence-electron chi connectivity index (χ0n) is 21.3. The lowest BCUT2D eigenvalue weighted by Crippen LogP contribution is -2.34. The number of amides is 2. The fourth-order valence-corrected chi connectivity index (χ4v) is 6.56. The van der Waals surface area contributed by atoms with Gasteiger partial charge in [-0.05, 0) is 54.6 Å². The topological polar surface area (TPSA) is 104 Å². The summed E-state index contributed by atoms with van der Waals surface area (Å²) in [4.78, 5) is 41.7. The number of aromatic nitrogens is 1. The minimum Gasteiger partial charge on any atom is -0.444 e. The van der Waals surface area contributed by atoms with Crippen LogP contribution in [0.15, 0.2) is 52.2 Å². The van der Waals surface area contributed by atoms with Crippen LogP contribution in [0.5, 0.6) is 0 Å². The molecule has 2 aromatic carbocycles. The molecule has 2 amide bonds. The van der Waals surface area contributed by atoms with Gasteiger partial charge in [0.05, 0.1) is 23.5 Å². The lowest BCUT2D eigenvalue weighted by molar-refractivity contribution is -0.113. The first-order valence-electron chi connectivity index (χ1n) is 13.1. The van der Waals surface area contributed by atoms with Crippen LogP contribution >= 0.6 is 11.8 Å². The van der Waals surface area contributed by atoms with Crippen molar-refractivity contribution in [3.05, 3.63) is 64.2 Å². The van der Waals surface area contributed by atoms with E-state index >= 15 is 0 Å². The third-order valence-corrected chi connectivity index (χ3v) is 8.68. The number of rotatable bonds is 9. The van der Waals surface area contributed by atoms with Crippen LogP contribution in [0.4, 0.5) is 20.6 Å². The van der Waals surface area contributed by atoms with Gasteiger partial charge in [-0.25, -0.2) is 9.18 Å². The second-order valence-corrected chi connectivity index (χ2v) is 11.2. The van der Waals surface area contributed by atoms with Crippen molar-refractivity contribution >= 4 is 46.0 Å². The Bertz CT molecular complexity index is 1510. The van der Waals surface area contributed by atoms with E-state index in [2.05, 4.69) is 10.2 Å². The molecule has 204 valence electrons. The maximum absolute atomic E-state index is 15.0. The monoisotopic (exact) mass is 552 g/mol. The molecule has 0 bridgehead atoms. The SMILES string of the molecule is O=C1CSc2ccc(N3C[C@H](CCN(CCCO)C[C@@H]4Cn5c(=O)ccc6ccc(F)c4c65)OC3=O)cc2N1. The number of halogens is 1. The van der Waals surface area contributed by atoms with Crippen molar-refractivity contribution in [1.29, 1.82) is 0 Å². The number of thioether (sulfide) groups is 1. The summed E-state index contributed by atoms with van der Waals surface area (Å²) in [5.41, 5.74) is 2.44. The standard InChI is InChI=1S/C28H29FN4O5S/c29-21-5-2-17-3-7-25(36)33-14-18(26(21)27(17)33)13-31(9-1-11-34)10-8-20-15-32(28(37)38-20)19-4-6-23-22(12-19)30-24(35)16-39-23/h2-7,12,18,20,34H,1,8-11,13-16H2,(H,30,35)/t18-,20+/m1/s1. The lowest BCUT2D eigenvalue weighted by atomic mass is 9.98. The van der Waals surface area contributed by atoms with Gasteiger partial charge in [0, 0.05) is 60.9 Å². The largest absolute Gasteiger partial charge is 0.444 e. The van der Waals surface area contributed by atoms with Crippen LogP contribution < -0.4 is 15.8 Å². The fourth-order valence-electron chi connectivity index (χ4n) is 5.78. The number of pyridine rings is 1. The van der Waals surface area contributed by atoms with Crippen LogP contribution in [0.1, 0.15) is 24.3 Å². The molecule has 0 unspecified atom stereocenters. The molecule has 0 spiro atoms. The van der Waals surface area contributed by atoms with E-state index in [1.54, 1.807) is 27.7 Å². The smallest absolute Gasteiger partial charge is 0.414 e. The summed E-state index contributed by atoms with van der Waals surface area (Å²) in [7, 11) is 0. The molecule has 2 atom stereocenters. The van der Waals surface area contributed by atoms with Crippen LogP contribution in [0.3, 0.4) is 0 Å². The van der Waals surface area contributed by atoms with Gasteiger partial charge >= 0.3 is 6.09 Å². The highest BCUT2D eigenvalue weighted by Gasteiger charge is 2.34. The highest BCUT2D eigenvalue weighted by Crippen LogP contribution is 2.37. The number of aliphatic hydroxyl groups is 1. The predicted octanol–water partition coefficient (Wildman–Crippen LogP) is 3.38. The normalized spacial score (nSPS) is 20.0. The van der Waals surface area contributed by atoms with Crippen molar-refractivity contribution in [2.75, 3.05) is 48.8 Å². The molecule has 1 saturated heterocycles. The van der Waals surface area contributed by atoms with Crippen molar-refractivity contribution < 1.29 is 23.8 Å². The maximum atomic E-state index is 15.0. The molecule has 6 rings (SSSR count). The number of nitrogens with zero attached hydrogens (tertiary/aromatic N) is 3. The molecule has 0 aliphatic carbocycles. The lowest BCUT2D eigenvalue weighted by Gasteiger charge is -2.26. The molecule has 9 nitrogen and oxygen atoms in total. The van der Waals surface area contributed by atoms with Crippen LogP contribution in [0, 0.1) is 5.82 Å². The number of anilines is 2. The molecule has 3 aromatic rings. The van der Waals surface area contributed by atoms with Gasteiger partial charge in [0.2, 0.25) is 5.91 Å². The molecule has 1 aromatic heterocycles. The van der Waals surface area contributed by atoms with Crippen LogP contribution in [0.25, 0.3) is 10.9 Å². The average Bonchev–Trinajstić information content (AvgIpc) is 3.50. The quantitative estimate of drug-likeness (QED) is 0.420. The maximum Gasteiger partial charge on any atom is 0.414 e. The van der Waals surface area contributed by atoms with E-state index in [0.29, 0.717) is 73.8 Å². The van der Waals surface area contributed by atoms with Gasteiger partial charge in [-0.1, -0.05) is 0 Å². The van der Waals surface area contributed by atoms with Crippen molar-refractivity contribution in [2.45, 2.75) is 36.3 Å². The Hall–Kier alpha value is -3.41. The fraction of sp³-hybridized carbons (Fsp3) is 0.393. The van der Waals surface area contributed by atoms with E-state index in [-0.39, 0.29) is 35.9 Å². The summed E-state index contributed by atoms with van der Waals surface area (Å²) < 4.78 is 22.3. The minimum atomic E-state index is -0.434. The number of hydrogen-bond acceptors (Lipinski definition) is 7. The highest BCUT2D eigenvalue weighted by molar-refractivity contribution is 8.00. The molecule has 3 aliphatic heterocycles. The van der Waals surface area contributed by atoms with Gasteiger partial charge in [0.15, 0.2) is 0 Å². The van der Waals surface area contributed by atoms with Gasteiger partial charge in [0.1, 0.15) is 11.9 Å². The van der Waals surface area contributed by atoms with E-state index in [9.17, 15) is 23.9 Å². The van der Waals surface area contributed by atoms with Crippen molar-refractivity contribution in [1.82, 2.24) is 9.47 Å². The van der Waals surface area contributed by atoms with E-state index in [4.69, 9.17) is 4.74 Å². The number of cyclic esters (lactones) is 1. The number of hydrogen-bond donors (Lipinski definition) is 2. The van der Waals surface area contributed by atoms with Crippen LogP contribution in [-0.4, -0.2) is 71.2 Å². The highest BCUT2D eigenvalue weighted by atomic mass is 32.2. The second-order valence-electron chi connectivity index (χ2n) is 10.2. The van der Waals surface area contributed by atoms with Gasteiger partial charge < -0.3 is 24.6 Å². The molecule has 1 fully saturated rings. The van der Waals surface area contributed by atoms with Crippen molar-refractivity contribution in [3.63, 3.8) is 0 Å². The molecule has 4 heterocycles. The predicted molar refractivity (Wildman–Crippen MR) is 147 cm³/mol. The number of carbonyl (C=O) groups is 2. The Kier molecular flexibility index (Phi) is 7.05. The molecule has 3 aliphatic rings. The Labute approximate surface area is 228 Å². The Balaban J connectivity index is 1.14. The summed E-state index contributed by atoms with van der Waals surface area (Å²) in [6.45, 7) is 2.52. The van der Waals surface area contributed by atoms with Crippen LogP contribution in [0.2, 0.25) is 0 Å². The minimum absolute atomic E-state index is 0.0319. The van der Waals surface area contributed by atoms with Crippen LogP contribution in [-0.2, 0) is 16.1 Å². The summed E-state index contributed by atoms with van der Waals surface area (Å²) in [5.74, 6) is -0.209. The van der Waals surface area contributed by atoms with Crippen molar-refractivity contribution in [3.8, 4) is 0 Å². The van der Waals surface area contributed by atoms with E-state index in [0.717, 1.165) is 10.3 Å². The molecule has 0 saturated carbocycles. The number of carbonyl (C=O) groups excluding carboxylic acids is 2. The summed E-state index contributed by atoms with van der Waals surface area (Å²) in [6, 6.07) is 12.0. The summed E-state index contributed by atoms with van der Waals surface area (Å²) in [5, 5.41) is 13.2. The zero-order chi connectivity index (χ0) is 27.1. The van der Waals surface area contributed by atoms with Crippen molar-refractivity contribution in [2.24, 2.45) is 0 Å². The zero-order valence-corrected chi connectivity index (χ0v) is 22.1. The van der Waals surface area contributed by atoms with Gasteiger partial charge in [-0.2, -0.15) is 0 Å². The Morgan fingerprint density at radius 1 is 1.10 bits per heavy atom. The number of benzene rings is 2. The van der Waals surface area contributed by atoms with E-state index < -0.39 is 6.09 Å². The number of ether oxygens (including phenoxy) is 1. The third-order valence-electron chi connectivity index (χ3n) is 7.61. The first-order chi connectivity index (χ1) is 18.9. The van der Waals surface area contributed by atoms with Gasteiger partial charge in [-0.3, -0.25) is 14.5 Å². The number of nitrogens with one attached hydrogen (secondary N) is 1. The molecular weight excluding hydrogens is 523 g/mol. The molecule has 39 heavy (non-hydrogen) atoms. The van der Waals surface area contributed by atoms with Gasteiger partial charge in [0.25, 0.3) is 5.56 Å². The molecule has 2 N–H and O–H groups in total. The van der Waals surface area contributed by atoms with E-state index in [1.807, 2.05) is 12.1 Å².